The monoisotopic (exact) mass is 466 g/mol. The molecule has 5 nitrogen and oxygen atoms in total. The third-order valence-corrected chi connectivity index (χ3v) is 6.24. The molecular weight excluding hydrogens is 448 g/mol. The molecule has 6 heteroatoms. The number of ketones is 3. The Labute approximate surface area is 201 Å². The Morgan fingerprint density at radius 1 is 0.824 bits per heavy atom. The van der Waals surface area contributed by atoms with Gasteiger partial charge in [0, 0.05) is 41.2 Å². The maximum absolute atomic E-state index is 12.9. The standard InChI is InChI=1S/C28H19ClN2O3/c29-24-26(28(34)22-9-2-1-8-21(22)27(24)33)31-16-17-10-12-18(13-11-17)23(32)15-20-6-3-5-19-7-4-14-30-25(19)20/h1-14,31H,15-16H2. The van der Waals surface area contributed by atoms with Gasteiger partial charge in [0.15, 0.2) is 5.78 Å². The Kier molecular flexibility index (Phi) is 5.78. The summed E-state index contributed by atoms with van der Waals surface area (Å²) in [7, 11) is 0. The first kappa shape index (κ1) is 21.7. The molecule has 0 radical (unpaired) electrons. The lowest BCUT2D eigenvalue weighted by Crippen LogP contribution is -2.28. The fraction of sp³-hybridized carbons (Fsp3) is 0.0714. The molecule has 1 N–H and O–H groups in total. The molecule has 166 valence electrons. The van der Waals surface area contributed by atoms with Crippen LogP contribution in [0.25, 0.3) is 10.9 Å². The van der Waals surface area contributed by atoms with E-state index in [9.17, 15) is 14.4 Å². The van der Waals surface area contributed by atoms with Crippen LogP contribution in [-0.2, 0) is 13.0 Å². The van der Waals surface area contributed by atoms with Gasteiger partial charge in [0.05, 0.1) is 5.52 Å². The highest BCUT2D eigenvalue weighted by atomic mass is 35.5. The molecule has 0 bridgehead atoms. The number of carbonyl (C=O) groups is 3. The number of fused-ring (bicyclic) bond motifs is 2. The first-order valence-electron chi connectivity index (χ1n) is 10.8. The van der Waals surface area contributed by atoms with E-state index in [-0.39, 0.29) is 41.0 Å². The summed E-state index contributed by atoms with van der Waals surface area (Å²) in [6.07, 6.45) is 1.98. The van der Waals surface area contributed by atoms with E-state index in [0.717, 1.165) is 22.0 Å². The number of benzene rings is 3. The maximum atomic E-state index is 12.9. The molecule has 0 saturated heterocycles. The SMILES string of the molecule is O=C(Cc1cccc2cccnc12)c1ccc(CNC2=C(Cl)C(=O)c3ccccc3C2=O)cc1. The van der Waals surface area contributed by atoms with Gasteiger partial charge in [-0.15, -0.1) is 0 Å². The molecule has 4 aromatic rings. The van der Waals surface area contributed by atoms with Crippen molar-refractivity contribution in [3.63, 3.8) is 0 Å². The summed E-state index contributed by atoms with van der Waals surface area (Å²) in [6.45, 7) is 0.286. The molecular formula is C28H19ClN2O3. The van der Waals surface area contributed by atoms with Crippen molar-refractivity contribution in [2.75, 3.05) is 0 Å². The number of nitrogens with zero attached hydrogens (tertiary/aromatic N) is 1. The predicted octanol–water partition coefficient (Wildman–Crippen LogP) is 5.28. The van der Waals surface area contributed by atoms with Gasteiger partial charge in [-0.3, -0.25) is 19.4 Å². The van der Waals surface area contributed by atoms with Gasteiger partial charge in [-0.1, -0.05) is 84.4 Å². The summed E-state index contributed by atoms with van der Waals surface area (Å²) in [6, 6.07) is 23.5. The van der Waals surface area contributed by atoms with Gasteiger partial charge in [0.25, 0.3) is 0 Å². The molecule has 5 rings (SSSR count). The van der Waals surface area contributed by atoms with Gasteiger partial charge in [-0.25, -0.2) is 0 Å². The van der Waals surface area contributed by atoms with Crippen LogP contribution in [0.5, 0.6) is 0 Å². The Morgan fingerprint density at radius 2 is 1.53 bits per heavy atom. The minimum atomic E-state index is -0.372. The van der Waals surface area contributed by atoms with Gasteiger partial charge >= 0.3 is 0 Å². The third-order valence-electron chi connectivity index (χ3n) is 5.87. The van der Waals surface area contributed by atoms with Crippen molar-refractivity contribution in [3.8, 4) is 0 Å². The van der Waals surface area contributed by atoms with Crippen LogP contribution in [0.4, 0.5) is 0 Å². The van der Waals surface area contributed by atoms with Crippen LogP contribution in [0.3, 0.4) is 0 Å². The quantitative estimate of drug-likeness (QED) is 0.391. The molecule has 0 spiro atoms. The van der Waals surface area contributed by atoms with Crippen molar-refractivity contribution in [2.45, 2.75) is 13.0 Å². The average molecular weight is 467 g/mol. The van der Waals surface area contributed by atoms with Gasteiger partial charge in [-0.05, 0) is 17.2 Å². The average Bonchev–Trinajstić information content (AvgIpc) is 2.88. The molecule has 1 aromatic heterocycles. The number of rotatable bonds is 6. The van der Waals surface area contributed by atoms with Crippen LogP contribution in [0, 0.1) is 0 Å². The number of para-hydroxylation sites is 1. The second-order valence-corrected chi connectivity index (χ2v) is 8.41. The number of aromatic nitrogens is 1. The second kappa shape index (κ2) is 9.04. The van der Waals surface area contributed by atoms with E-state index in [0.29, 0.717) is 16.7 Å². The van der Waals surface area contributed by atoms with Gasteiger partial charge in [0.1, 0.15) is 10.7 Å². The number of halogens is 1. The molecule has 0 unspecified atom stereocenters. The highest BCUT2D eigenvalue weighted by Crippen LogP contribution is 2.27. The molecule has 1 heterocycles. The third kappa shape index (κ3) is 4.02. The summed E-state index contributed by atoms with van der Waals surface area (Å²) in [5, 5.41) is 3.89. The van der Waals surface area contributed by atoms with Gasteiger partial charge in [-0.2, -0.15) is 0 Å². The summed E-state index contributed by atoms with van der Waals surface area (Å²) in [4.78, 5) is 42.6. The number of hydrogen-bond acceptors (Lipinski definition) is 5. The Morgan fingerprint density at radius 3 is 2.29 bits per heavy atom. The van der Waals surface area contributed by atoms with Crippen LogP contribution < -0.4 is 5.32 Å². The normalized spacial score (nSPS) is 13.2. The molecule has 0 fully saturated rings. The highest BCUT2D eigenvalue weighted by molar-refractivity contribution is 6.49. The zero-order chi connectivity index (χ0) is 23.7. The zero-order valence-corrected chi connectivity index (χ0v) is 18.8. The Bertz CT molecular complexity index is 1480. The van der Waals surface area contributed by atoms with Crippen molar-refractivity contribution in [1.29, 1.82) is 0 Å². The lowest BCUT2D eigenvalue weighted by Gasteiger charge is -2.19. The van der Waals surface area contributed by atoms with Gasteiger partial charge in [0.2, 0.25) is 11.6 Å². The van der Waals surface area contributed by atoms with Gasteiger partial charge < -0.3 is 5.32 Å². The lowest BCUT2D eigenvalue weighted by molar-refractivity contribution is 0.0974. The van der Waals surface area contributed by atoms with E-state index in [1.165, 1.54) is 0 Å². The minimum absolute atomic E-state index is 0.00641. The summed E-state index contributed by atoms with van der Waals surface area (Å²) >= 11 is 6.20. The molecule has 1 aliphatic rings. The number of allylic oxidation sites excluding steroid dienone is 2. The molecule has 34 heavy (non-hydrogen) atoms. The van der Waals surface area contributed by atoms with E-state index >= 15 is 0 Å². The van der Waals surface area contributed by atoms with Crippen LogP contribution >= 0.6 is 11.6 Å². The smallest absolute Gasteiger partial charge is 0.211 e. The predicted molar refractivity (Wildman–Crippen MR) is 131 cm³/mol. The fourth-order valence-electron chi connectivity index (χ4n) is 4.09. The zero-order valence-electron chi connectivity index (χ0n) is 18.0. The minimum Gasteiger partial charge on any atom is -0.376 e. The van der Waals surface area contributed by atoms with Crippen molar-refractivity contribution >= 4 is 39.9 Å². The molecule has 0 atom stereocenters. The first-order valence-corrected chi connectivity index (χ1v) is 11.2. The summed E-state index contributed by atoms with van der Waals surface area (Å²) in [5.74, 6) is -0.688. The van der Waals surface area contributed by atoms with E-state index in [2.05, 4.69) is 10.3 Å². The van der Waals surface area contributed by atoms with E-state index in [4.69, 9.17) is 11.6 Å². The Balaban J connectivity index is 1.28. The number of carbonyl (C=O) groups excluding carboxylic acids is 3. The molecule has 0 saturated carbocycles. The number of Topliss-reactive ketones (excluding diaryl/α,β-unsaturated/α-hetero) is 3. The van der Waals surface area contributed by atoms with Crippen molar-refractivity contribution in [1.82, 2.24) is 10.3 Å². The summed E-state index contributed by atoms with van der Waals surface area (Å²) < 4.78 is 0. The second-order valence-electron chi connectivity index (χ2n) is 8.04. The maximum Gasteiger partial charge on any atom is 0.211 e. The van der Waals surface area contributed by atoms with Crippen molar-refractivity contribution in [2.24, 2.45) is 0 Å². The van der Waals surface area contributed by atoms with Crippen LogP contribution in [0.2, 0.25) is 0 Å². The largest absolute Gasteiger partial charge is 0.376 e. The fourth-order valence-corrected chi connectivity index (χ4v) is 4.34. The topological polar surface area (TPSA) is 76.1 Å². The molecule has 0 amide bonds. The van der Waals surface area contributed by atoms with Crippen LogP contribution in [-0.4, -0.2) is 22.3 Å². The van der Waals surface area contributed by atoms with Crippen LogP contribution in [0.15, 0.2) is 95.8 Å². The van der Waals surface area contributed by atoms with E-state index < -0.39 is 0 Å². The van der Waals surface area contributed by atoms with Crippen molar-refractivity contribution < 1.29 is 14.4 Å². The van der Waals surface area contributed by atoms with Crippen molar-refractivity contribution in [3.05, 3.63) is 124 Å². The van der Waals surface area contributed by atoms with E-state index in [1.807, 2.05) is 42.5 Å². The Hall–Kier alpha value is -4.09. The lowest BCUT2D eigenvalue weighted by atomic mass is 9.92. The number of nitrogens with one attached hydrogen (secondary N) is 1. The molecule has 0 aliphatic heterocycles. The van der Waals surface area contributed by atoms with E-state index in [1.54, 1.807) is 42.6 Å². The van der Waals surface area contributed by atoms with Crippen LogP contribution in [0.1, 0.15) is 42.2 Å². The first-order chi connectivity index (χ1) is 16.5. The summed E-state index contributed by atoms with van der Waals surface area (Å²) in [5.41, 5.74) is 3.89. The number of pyridine rings is 1. The molecule has 3 aromatic carbocycles. The number of hydrogen-bond donors (Lipinski definition) is 1. The molecule has 1 aliphatic carbocycles. The highest BCUT2D eigenvalue weighted by Gasteiger charge is 2.30.